The first-order chi connectivity index (χ1) is 12.9. The maximum absolute atomic E-state index is 2.74. The van der Waals surface area contributed by atoms with Crippen molar-refractivity contribution in [1.29, 1.82) is 0 Å². The molecule has 0 unspecified atom stereocenters. The highest BCUT2D eigenvalue weighted by molar-refractivity contribution is 5.13. The van der Waals surface area contributed by atoms with Crippen molar-refractivity contribution in [3.8, 4) is 0 Å². The Morgan fingerprint density at radius 2 is 1.63 bits per heavy atom. The zero-order chi connectivity index (χ0) is 19.2. The van der Waals surface area contributed by atoms with Crippen molar-refractivity contribution in [3.05, 3.63) is 12.2 Å². The highest BCUT2D eigenvalue weighted by Gasteiger charge is 2.59. The van der Waals surface area contributed by atoms with Gasteiger partial charge in [0.1, 0.15) is 0 Å². The summed E-state index contributed by atoms with van der Waals surface area (Å²) in [5.41, 5.74) is 1.28. The van der Waals surface area contributed by atoms with E-state index in [4.69, 9.17) is 0 Å². The minimum Gasteiger partial charge on any atom is -0.0882 e. The molecule has 0 nitrogen and oxygen atoms in total. The summed E-state index contributed by atoms with van der Waals surface area (Å²) < 4.78 is 0. The lowest BCUT2D eigenvalue weighted by atomic mass is 9.45. The lowest BCUT2D eigenvalue weighted by molar-refractivity contribution is -0.0955. The van der Waals surface area contributed by atoms with E-state index >= 15 is 0 Å². The van der Waals surface area contributed by atoms with Crippen LogP contribution in [0.15, 0.2) is 12.2 Å². The summed E-state index contributed by atoms with van der Waals surface area (Å²) in [6, 6.07) is 0. The van der Waals surface area contributed by atoms with Crippen LogP contribution < -0.4 is 0 Å². The Hall–Kier alpha value is -0.260. The van der Waals surface area contributed by atoms with Crippen LogP contribution in [-0.2, 0) is 0 Å². The Bertz CT molecular complexity index is 544. The smallest absolute Gasteiger partial charge is 0.0177 e. The van der Waals surface area contributed by atoms with Gasteiger partial charge in [-0.25, -0.2) is 0 Å². The Kier molecular flexibility index (Phi) is 5.59. The number of fused-ring (bicyclic) bond motifs is 5. The monoisotopic (exact) mass is 370 g/mol. The third kappa shape index (κ3) is 3.36. The fraction of sp³-hybridized carbons (Fsp3) is 0.926. The lowest BCUT2D eigenvalue weighted by Gasteiger charge is -2.60. The molecule has 4 rings (SSSR count). The summed E-state index contributed by atoms with van der Waals surface area (Å²) in [4.78, 5) is 0. The first kappa shape index (κ1) is 20.0. The lowest BCUT2D eigenvalue weighted by Crippen LogP contribution is -2.52. The van der Waals surface area contributed by atoms with Crippen LogP contribution in [0.25, 0.3) is 0 Å². The van der Waals surface area contributed by atoms with E-state index in [1.165, 1.54) is 64.2 Å². The second-order valence-corrected chi connectivity index (χ2v) is 12.1. The van der Waals surface area contributed by atoms with E-state index in [9.17, 15) is 0 Å². The highest BCUT2D eigenvalue weighted by Crippen LogP contribution is 2.67. The first-order valence-electron chi connectivity index (χ1n) is 12.5. The van der Waals surface area contributed by atoms with Crippen LogP contribution in [0.3, 0.4) is 0 Å². The van der Waals surface area contributed by atoms with Crippen molar-refractivity contribution in [1.82, 2.24) is 0 Å². The topological polar surface area (TPSA) is 0 Å². The molecule has 0 heteroatoms. The molecule has 0 aromatic rings. The standard InChI is InChI=1S/C27H46/c1-19(2)9-8-10-20(3)23-14-15-24-22-13-12-21-11-6-7-17-26(21,4)25(22)16-18-27(23,24)5/h6,11,19-25H,7-10,12-18H2,1-5H3/t20-,21-,22+,23+,24-,25-,26+,27+/m1/s1. The van der Waals surface area contributed by atoms with Gasteiger partial charge < -0.3 is 0 Å². The van der Waals surface area contributed by atoms with E-state index in [2.05, 4.69) is 46.8 Å². The Morgan fingerprint density at radius 1 is 0.852 bits per heavy atom. The summed E-state index contributed by atoms with van der Waals surface area (Å²) in [6.07, 6.45) is 21.4. The number of hydrogen-bond acceptors (Lipinski definition) is 0. The predicted octanol–water partition coefficient (Wildman–Crippen LogP) is 8.27. The van der Waals surface area contributed by atoms with Gasteiger partial charge in [-0.15, -0.1) is 0 Å². The SMILES string of the molecule is CC(C)CCC[C@@H](C)[C@@H]1CC[C@@H]2[C@@H]3CC[C@H]4C=CCC[C@]4(C)[C@@H]3CC[C@]21C. The molecule has 0 saturated heterocycles. The van der Waals surface area contributed by atoms with Gasteiger partial charge in [0.05, 0.1) is 0 Å². The fourth-order valence-electron chi connectivity index (χ4n) is 8.85. The predicted molar refractivity (Wildman–Crippen MR) is 118 cm³/mol. The molecule has 8 atom stereocenters. The molecule has 0 bridgehead atoms. The average Bonchev–Trinajstić information content (AvgIpc) is 2.98. The van der Waals surface area contributed by atoms with Gasteiger partial charge in [0.2, 0.25) is 0 Å². The third-order valence-electron chi connectivity index (χ3n) is 10.4. The summed E-state index contributed by atoms with van der Waals surface area (Å²) in [5, 5.41) is 0. The number of allylic oxidation sites excluding steroid dienone is 2. The van der Waals surface area contributed by atoms with Crippen LogP contribution in [0.2, 0.25) is 0 Å². The van der Waals surface area contributed by atoms with Gasteiger partial charge in [-0.1, -0.05) is 66.0 Å². The number of rotatable bonds is 5. The van der Waals surface area contributed by atoms with Crippen molar-refractivity contribution in [2.24, 2.45) is 52.3 Å². The van der Waals surface area contributed by atoms with Gasteiger partial charge in [-0.05, 0) is 104 Å². The third-order valence-corrected chi connectivity index (χ3v) is 10.4. The van der Waals surface area contributed by atoms with Gasteiger partial charge in [-0.2, -0.15) is 0 Å². The second kappa shape index (κ2) is 7.53. The average molecular weight is 371 g/mol. The first-order valence-corrected chi connectivity index (χ1v) is 12.5. The molecule has 0 aromatic carbocycles. The molecule has 0 spiro atoms. The van der Waals surface area contributed by atoms with Crippen molar-refractivity contribution < 1.29 is 0 Å². The molecule has 4 aliphatic carbocycles. The van der Waals surface area contributed by atoms with Crippen LogP contribution in [0.5, 0.6) is 0 Å². The van der Waals surface area contributed by atoms with Crippen LogP contribution in [0, 0.1) is 52.3 Å². The summed E-state index contributed by atoms with van der Waals surface area (Å²) >= 11 is 0. The summed E-state index contributed by atoms with van der Waals surface area (Å²) in [7, 11) is 0. The molecular formula is C27H46. The quantitative estimate of drug-likeness (QED) is 0.427. The molecule has 0 N–H and O–H groups in total. The molecule has 4 aliphatic rings. The zero-order valence-corrected chi connectivity index (χ0v) is 19.0. The molecule has 3 saturated carbocycles. The minimum absolute atomic E-state index is 0.625. The van der Waals surface area contributed by atoms with Crippen molar-refractivity contribution in [2.45, 2.75) is 105 Å². The van der Waals surface area contributed by atoms with Gasteiger partial charge in [-0.3, -0.25) is 0 Å². The molecule has 3 fully saturated rings. The molecule has 0 aliphatic heterocycles. The van der Waals surface area contributed by atoms with Gasteiger partial charge in [0.25, 0.3) is 0 Å². The van der Waals surface area contributed by atoms with Gasteiger partial charge in [0, 0.05) is 0 Å². The van der Waals surface area contributed by atoms with Crippen LogP contribution in [-0.4, -0.2) is 0 Å². The van der Waals surface area contributed by atoms with E-state index in [0.717, 1.165) is 41.4 Å². The van der Waals surface area contributed by atoms with Crippen molar-refractivity contribution in [3.63, 3.8) is 0 Å². The van der Waals surface area contributed by atoms with E-state index < -0.39 is 0 Å². The molecular weight excluding hydrogens is 324 g/mol. The molecule has 0 aromatic heterocycles. The maximum Gasteiger partial charge on any atom is -0.0177 e. The zero-order valence-electron chi connectivity index (χ0n) is 19.0. The van der Waals surface area contributed by atoms with Gasteiger partial charge >= 0.3 is 0 Å². The molecule has 27 heavy (non-hydrogen) atoms. The number of hydrogen-bond donors (Lipinski definition) is 0. The van der Waals surface area contributed by atoms with E-state index in [0.29, 0.717) is 10.8 Å². The van der Waals surface area contributed by atoms with E-state index in [1.807, 2.05) is 0 Å². The van der Waals surface area contributed by atoms with Crippen LogP contribution in [0.1, 0.15) is 105 Å². The van der Waals surface area contributed by atoms with Crippen molar-refractivity contribution in [2.75, 3.05) is 0 Å². The molecule has 154 valence electrons. The summed E-state index contributed by atoms with van der Waals surface area (Å²) in [5.74, 6) is 6.83. The second-order valence-electron chi connectivity index (χ2n) is 12.1. The molecule has 0 radical (unpaired) electrons. The minimum atomic E-state index is 0.625. The Labute approximate surface area is 170 Å². The Balaban J connectivity index is 1.47. The van der Waals surface area contributed by atoms with Gasteiger partial charge in [0.15, 0.2) is 0 Å². The molecule has 0 amide bonds. The highest BCUT2D eigenvalue weighted by atomic mass is 14.6. The normalized spacial score (nSPS) is 47.4. The maximum atomic E-state index is 2.74. The van der Waals surface area contributed by atoms with Crippen LogP contribution >= 0.6 is 0 Å². The van der Waals surface area contributed by atoms with E-state index in [1.54, 1.807) is 6.42 Å². The molecule has 0 heterocycles. The van der Waals surface area contributed by atoms with Crippen LogP contribution in [0.4, 0.5) is 0 Å². The largest absolute Gasteiger partial charge is 0.0882 e. The van der Waals surface area contributed by atoms with E-state index in [-0.39, 0.29) is 0 Å². The Morgan fingerprint density at radius 3 is 2.41 bits per heavy atom. The van der Waals surface area contributed by atoms with Crippen molar-refractivity contribution >= 4 is 0 Å². The summed E-state index contributed by atoms with van der Waals surface area (Å²) in [6.45, 7) is 12.8. The fourth-order valence-corrected chi connectivity index (χ4v) is 8.85.